The van der Waals surface area contributed by atoms with E-state index >= 15 is 0 Å². The zero-order valence-electron chi connectivity index (χ0n) is 9.02. The first-order valence-corrected chi connectivity index (χ1v) is 5.69. The van der Waals surface area contributed by atoms with Gasteiger partial charge < -0.3 is 9.64 Å². The summed E-state index contributed by atoms with van der Waals surface area (Å²) in [4.78, 5) is 17.7. The van der Waals surface area contributed by atoms with E-state index in [2.05, 4.69) is 4.98 Å². The minimum Gasteiger partial charge on any atom is -0.472 e. The standard InChI is InChI=1S/C11H13ClN2O2/c1-14-7-8(4-5-12)16-10-9(11(14)15)3-2-6-13-10/h2-3,6,8H,4-5,7H2,1H3. The Bertz CT molecular complexity index is 397. The Kier molecular flexibility index (Phi) is 3.29. The molecular formula is C11H13ClN2O2. The number of rotatable bonds is 2. The van der Waals surface area contributed by atoms with Crippen LogP contribution in [0.5, 0.6) is 5.88 Å². The normalized spacial score (nSPS) is 20.0. The molecule has 1 aromatic rings. The zero-order valence-corrected chi connectivity index (χ0v) is 9.78. The maximum absolute atomic E-state index is 12.0. The Balaban J connectivity index is 2.32. The van der Waals surface area contributed by atoms with Crippen LogP contribution in [0.2, 0.25) is 0 Å². The van der Waals surface area contributed by atoms with E-state index in [9.17, 15) is 4.79 Å². The molecule has 1 atom stereocenters. The molecule has 86 valence electrons. The quantitative estimate of drug-likeness (QED) is 0.737. The molecule has 0 aromatic carbocycles. The highest BCUT2D eigenvalue weighted by Gasteiger charge is 2.26. The van der Waals surface area contributed by atoms with Gasteiger partial charge in [0.1, 0.15) is 11.7 Å². The van der Waals surface area contributed by atoms with E-state index in [4.69, 9.17) is 16.3 Å². The van der Waals surface area contributed by atoms with Crippen molar-refractivity contribution in [2.75, 3.05) is 19.5 Å². The van der Waals surface area contributed by atoms with E-state index in [1.165, 1.54) is 0 Å². The molecule has 0 spiro atoms. The Morgan fingerprint density at radius 1 is 1.69 bits per heavy atom. The second kappa shape index (κ2) is 4.70. The Labute approximate surface area is 99.2 Å². The van der Waals surface area contributed by atoms with Crippen molar-refractivity contribution < 1.29 is 9.53 Å². The average Bonchev–Trinajstić information content (AvgIpc) is 2.39. The molecule has 1 aliphatic rings. The third kappa shape index (κ3) is 2.11. The van der Waals surface area contributed by atoms with E-state index in [-0.39, 0.29) is 12.0 Å². The van der Waals surface area contributed by atoms with Crippen LogP contribution < -0.4 is 4.74 Å². The van der Waals surface area contributed by atoms with Crippen LogP contribution >= 0.6 is 11.6 Å². The lowest BCUT2D eigenvalue weighted by molar-refractivity contribution is 0.0758. The molecule has 1 unspecified atom stereocenters. The van der Waals surface area contributed by atoms with Gasteiger partial charge in [-0.15, -0.1) is 11.6 Å². The molecule has 5 heteroatoms. The van der Waals surface area contributed by atoms with Gasteiger partial charge in [-0.05, 0) is 18.6 Å². The fraction of sp³-hybridized carbons (Fsp3) is 0.455. The second-order valence-corrected chi connectivity index (χ2v) is 4.14. The number of pyridine rings is 1. The smallest absolute Gasteiger partial charge is 0.259 e. The number of fused-ring (bicyclic) bond motifs is 1. The van der Waals surface area contributed by atoms with Crippen LogP contribution in [0, 0.1) is 0 Å². The van der Waals surface area contributed by atoms with Crippen molar-refractivity contribution in [2.24, 2.45) is 0 Å². The molecule has 0 radical (unpaired) electrons. The predicted molar refractivity (Wildman–Crippen MR) is 61.0 cm³/mol. The zero-order chi connectivity index (χ0) is 11.5. The molecule has 0 saturated carbocycles. The summed E-state index contributed by atoms with van der Waals surface area (Å²) >= 11 is 5.70. The van der Waals surface area contributed by atoms with E-state index in [1.54, 1.807) is 30.3 Å². The van der Waals surface area contributed by atoms with Gasteiger partial charge >= 0.3 is 0 Å². The third-order valence-electron chi connectivity index (χ3n) is 2.54. The minimum absolute atomic E-state index is 0.0554. The van der Waals surface area contributed by atoms with Gasteiger partial charge in [0.05, 0.1) is 6.54 Å². The molecule has 1 aromatic heterocycles. The van der Waals surface area contributed by atoms with Crippen LogP contribution in [-0.4, -0.2) is 41.4 Å². The van der Waals surface area contributed by atoms with Crippen molar-refractivity contribution in [2.45, 2.75) is 12.5 Å². The van der Waals surface area contributed by atoms with Crippen LogP contribution in [0.3, 0.4) is 0 Å². The lowest BCUT2D eigenvalue weighted by atomic mass is 10.2. The monoisotopic (exact) mass is 240 g/mol. The number of alkyl halides is 1. The molecule has 2 heterocycles. The summed E-state index contributed by atoms with van der Waals surface area (Å²) in [6.07, 6.45) is 2.24. The van der Waals surface area contributed by atoms with Crippen molar-refractivity contribution in [3.8, 4) is 5.88 Å². The van der Waals surface area contributed by atoms with Crippen molar-refractivity contribution in [3.05, 3.63) is 23.9 Å². The van der Waals surface area contributed by atoms with E-state index in [1.807, 2.05) is 0 Å². The molecule has 4 nitrogen and oxygen atoms in total. The van der Waals surface area contributed by atoms with Crippen molar-refractivity contribution in [1.82, 2.24) is 9.88 Å². The topological polar surface area (TPSA) is 42.4 Å². The van der Waals surface area contributed by atoms with Crippen LogP contribution in [0.15, 0.2) is 18.3 Å². The second-order valence-electron chi connectivity index (χ2n) is 3.76. The number of hydrogen-bond acceptors (Lipinski definition) is 3. The van der Waals surface area contributed by atoms with Gasteiger partial charge in [0.2, 0.25) is 5.88 Å². The van der Waals surface area contributed by atoms with Crippen molar-refractivity contribution >= 4 is 17.5 Å². The summed E-state index contributed by atoms with van der Waals surface area (Å²) in [7, 11) is 1.76. The fourth-order valence-corrected chi connectivity index (χ4v) is 1.95. The maximum atomic E-state index is 12.0. The van der Waals surface area contributed by atoms with E-state index < -0.39 is 0 Å². The molecule has 0 bridgehead atoms. The number of nitrogens with zero attached hydrogens (tertiary/aromatic N) is 2. The third-order valence-corrected chi connectivity index (χ3v) is 2.75. The SMILES string of the molecule is CN1CC(CCCl)Oc2ncccc2C1=O. The largest absolute Gasteiger partial charge is 0.472 e. The van der Waals surface area contributed by atoms with Gasteiger partial charge in [0.25, 0.3) is 5.91 Å². The molecule has 0 saturated heterocycles. The van der Waals surface area contributed by atoms with Gasteiger partial charge in [0.15, 0.2) is 0 Å². The number of ether oxygens (including phenoxy) is 1. The van der Waals surface area contributed by atoms with E-state index in [0.29, 0.717) is 30.3 Å². The summed E-state index contributed by atoms with van der Waals surface area (Å²) in [6, 6.07) is 3.46. The number of hydrogen-bond donors (Lipinski definition) is 0. The summed E-state index contributed by atoms with van der Waals surface area (Å²) in [5.41, 5.74) is 0.516. The first kappa shape index (κ1) is 11.2. The number of carbonyl (C=O) groups is 1. The number of amides is 1. The summed E-state index contributed by atoms with van der Waals surface area (Å²) < 4.78 is 5.68. The number of halogens is 1. The molecular weight excluding hydrogens is 228 g/mol. The first-order valence-electron chi connectivity index (χ1n) is 5.15. The number of aromatic nitrogens is 1. The highest BCUT2D eigenvalue weighted by Crippen LogP contribution is 2.22. The molecule has 0 N–H and O–H groups in total. The van der Waals surface area contributed by atoms with Crippen LogP contribution in [0.25, 0.3) is 0 Å². The lowest BCUT2D eigenvalue weighted by Crippen LogP contribution is -2.34. The summed E-state index contributed by atoms with van der Waals surface area (Å²) in [5.74, 6) is 0.863. The first-order chi connectivity index (χ1) is 7.72. The van der Waals surface area contributed by atoms with Crippen LogP contribution in [0.4, 0.5) is 0 Å². The fourth-order valence-electron chi connectivity index (χ4n) is 1.71. The Hall–Kier alpha value is -1.29. The summed E-state index contributed by atoms with van der Waals surface area (Å²) in [5, 5.41) is 0. The van der Waals surface area contributed by atoms with E-state index in [0.717, 1.165) is 0 Å². The molecule has 0 fully saturated rings. The number of carbonyl (C=O) groups excluding carboxylic acids is 1. The minimum atomic E-state index is -0.0809. The molecule has 1 aliphatic heterocycles. The van der Waals surface area contributed by atoms with Crippen molar-refractivity contribution in [3.63, 3.8) is 0 Å². The molecule has 0 aliphatic carbocycles. The van der Waals surface area contributed by atoms with Crippen molar-refractivity contribution in [1.29, 1.82) is 0 Å². The van der Waals surface area contributed by atoms with Crippen LogP contribution in [0.1, 0.15) is 16.8 Å². The van der Waals surface area contributed by atoms with Gasteiger partial charge in [-0.3, -0.25) is 4.79 Å². The van der Waals surface area contributed by atoms with Gasteiger partial charge in [-0.25, -0.2) is 4.98 Å². The Morgan fingerprint density at radius 3 is 3.25 bits per heavy atom. The molecule has 16 heavy (non-hydrogen) atoms. The molecule has 2 rings (SSSR count). The molecule has 1 amide bonds. The van der Waals surface area contributed by atoms with Gasteiger partial charge in [-0.2, -0.15) is 0 Å². The maximum Gasteiger partial charge on any atom is 0.259 e. The number of likely N-dealkylation sites (N-methyl/N-ethyl adjacent to an activating group) is 1. The highest BCUT2D eigenvalue weighted by atomic mass is 35.5. The Morgan fingerprint density at radius 2 is 2.50 bits per heavy atom. The highest BCUT2D eigenvalue weighted by molar-refractivity contribution is 6.17. The predicted octanol–water partition coefficient (Wildman–Crippen LogP) is 1.54. The van der Waals surface area contributed by atoms with Gasteiger partial charge in [-0.1, -0.05) is 0 Å². The average molecular weight is 241 g/mol. The van der Waals surface area contributed by atoms with Gasteiger partial charge in [0, 0.05) is 19.1 Å². The summed E-state index contributed by atoms with van der Waals surface area (Å²) in [6.45, 7) is 0.544. The van der Waals surface area contributed by atoms with Crippen LogP contribution in [-0.2, 0) is 0 Å². The lowest BCUT2D eigenvalue weighted by Gasteiger charge is -2.19.